The number of nitriles is 1. The van der Waals surface area contributed by atoms with Crippen LogP contribution in [0.1, 0.15) is 12.8 Å². The monoisotopic (exact) mass is 153 g/mol. The zero-order valence-electron chi connectivity index (χ0n) is 6.71. The first-order chi connectivity index (χ1) is 5.35. The van der Waals surface area contributed by atoms with Crippen molar-refractivity contribution >= 4 is 0 Å². The van der Waals surface area contributed by atoms with E-state index >= 15 is 0 Å². The number of rotatable bonds is 6. The summed E-state index contributed by atoms with van der Waals surface area (Å²) in [5.41, 5.74) is 5.29. The molecule has 0 aliphatic carbocycles. The van der Waals surface area contributed by atoms with Crippen LogP contribution in [-0.2, 0) is 0 Å². The molecule has 62 valence electrons. The molecule has 1 atom stereocenters. The topological polar surface area (TPSA) is 61.8 Å². The summed E-state index contributed by atoms with van der Waals surface area (Å²) in [5, 5.41) is 11.6. The molecular formula is C8H15N3. The van der Waals surface area contributed by atoms with Crippen LogP contribution in [0.15, 0.2) is 12.7 Å². The fourth-order valence-electron chi connectivity index (χ4n) is 0.727. The van der Waals surface area contributed by atoms with Crippen molar-refractivity contribution in [1.82, 2.24) is 5.32 Å². The average molecular weight is 153 g/mol. The van der Waals surface area contributed by atoms with Crippen molar-refractivity contribution in [2.45, 2.75) is 18.9 Å². The molecule has 0 rings (SSSR count). The third kappa shape index (κ3) is 5.59. The van der Waals surface area contributed by atoms with Gasteiger partial charge in [0.1, 0.15) is 0 Å². The Morgan fingerprint density at radius 2 is 2.45 bits per heavy atom. The van der Waals surface area contributed by atoms with Gasteiger partial charge in [-0.15, -0.1) is 6.58 Å². The lowest BCUT2D eigenvalue weighted by Gasteiger charge is -2.07. The van der Waals surface area contributed by atoms with Crippen LogP contribution in [0.3, 0.4) is 0 Å². The quantitative estimate of drug-likeness (QED) is 0.428. The lowest BCUT2D eigenvalue weighted by Crippen LogP contribution is -2.29. The maximum atomic E-state index is 8.56. The van der Waals surface area contributed by atoms with Crippen LogP contribution in [0.2, 0.25) is 0 Å². The van der Waals surface area contributed by atoms with Crippen molar-refractivity contribution < 1.29 is 0 Å². The van der Waals surface area contributed by atoms with E-state index in [2.05, 4.69) is 18.0 Å². The highest BCUT2D eigenvalue weighted by Gasteiger charge is 2.01. The van der Waals surface area contributed by atoms with Gasteiger partial charge < -0.3 is 11.1 Å². The van der Waals surface area contributed by atoms with Crippen molar-refractivity contribution in [3.63, 3.8) is 0 Å². The van der Waals surface area contributed by atoms with E-state index in [1.807, 2.05) is 0 Å². The van der Waals surface area contributed by atoms with Gasteiger partial charge in [0.2, 0.25) is 0 Å². The fourth-order valence-corrected chi connectivity index (χ4v) is 0.727. The van der Waals surface area contributed by atoms with Gasteiger partial charge in [0.05, 0.1) is 12.1 Å². The molecule has 0 aliphatic heterocycles. The Morgan fingerprint density at radius 3 is 2.91 bits per heavy atom. The summed E-state index contributed by atoms with van der Waals surface area (Å²) >= 11 is 0. The predicted molar refractivity (Wildman–Crippen MR) is 45.9 cm³/mol. The Kier molecular flexibility index (Phi) is 6.70. The first-order valence-electron chi connectivity index (χ1n) is 3.79. The number of hydrogen-bond acceptors (Lipinski definition) is 3. The Balaban J connectivity index is 3.37. The van der Waals surface area contributed by atoms with Gasteiger partial charge in [-0.05, 0) is 25.9 Å². The molecule has 0 heterocycles. The minimum absolute atomic E-state index is 0.0981. The van der Waals surface area contributed by atoms with Crippen LogP contribution in [0.4, 0.5) is 0 Å². The third-order valence-corrected chi connectivity index (χ3v) is 1.33. The second kappa shape index (κ2) is 7.26. The molecule has 0 aliphatic rings. The van der Waals surface area contributed by atoms with Crippen LogP contribution >= 0.6 is 0 Å². The van der Waals surface area contributed by atoms with Gasteiger partial charge in [-0.25, -0.2) is 0 Å². The summed E-state index contributed by atoms with van der Waals surface area (Å²) in [7, 11) is 0. The molecule has 0 fully saturated rings. The summed E-state index contributed by atoms with van der Waals surface area (Å²) in [5.74, 6) is 0. The van der Waals surface area contributed by atoms with Gasteiger partial charge in [-0.2, -0.15) is 5.26 Å². The van der Waals surface area contributed by atoms with E-state index in [9.17, 15) is 0 Å². The van der Waals surface area contributed by atoms with Gasteiger partial charge in [-0.1, -0.05) is 6.08 Å². The van der Waals surface area contributed by atoms with Crippen molar-refractivity contribution in [1.29, 1.82) is 5.26 Å². The normalized spacial score (nSPS) is 12.0. The van der Waals surface area contributed by atoms with E-state index in [0.29, 0.717) is 13.0 Å². The predicted octanol–water partition coefficient (Wildman–Crippen LogP) is 0.393. The Hall–Kier alpha value is -0.850. The number of hydrogen-bond donors (Lipinski definition) is 2. The van der Waals surface area contributed by atoms with Gasteiger partial charge in [0.15, 0.2) is 0 Å². The highest BCUT2D eigenvalue weighted by molar-refractivity contribution is 4.94. The first kappa shape index (κ1) is 10.2. The van der Waals surface area contributed by atoms with Crippen LogP contribution in [-0.4, -0.2) is 19.1 Å². The Bertz CT molecular complexity index is 137. The molecule has 11 heavy (non-hydrogen) atoms. The summed E-state index contributed by atoms with van der Waals surface area (Å²) in [4.78, 5) is 0. The number of nitrogens with zero attached hydrogens (tertiary/aromatic N) is 1. The van der Waals surface area contributed by atoms with Gasteiger partial charge in [-0.3, -0.25) is 0 Å². The molecule has 0 radical (unpaired) electrons. The molecule has 0 spiro atoms. The summed E-state index contributed by atoms with van der Waals surface area (Å²) in [6.45, 7) is 5.03. The van der Waals surface area contributed by atoms with Crippen LogP contribution in [0.5, 0.6) is 0 Å². The minimum atomic E-state index is -0.0981. The Labute approximate surface area is 67.9 Å². The van der Waals surface area contributed by atoms with E-state index in [1.165, 1.54) is 0 Å². The molecule has 1 unspecified atom stereocenters. The summed E-state index contributed by atoms with van der Waals surface area (Å²) in [6, 6.07) is 2.04. The van der Waals surface area contributed by atoms with E-state index in [1.54, 1.807) is 6.08 Å². The first-order valence-corrected chi connectivity index (χ1v) is 3.79. The molecule has 0 aromatic rings. The highest BCUT2D eigenvalue weighted by Crippen LogP contribution is 1.89. The second-order valence-corrected chi connectivity index (χ2v) is 2.30. The third-order valence-electron chi connectivity index (χ3n) is 1.33. The molecule has 3 heteroatoms. The SMILES string of the molecule is C=CCC(C#N)NCCCN. The average Bonchev–Trinajstić information content (AvgIpc) is 2.03. The fraction of sp³-hybridized carbons (Fsp3) is 0.625. The summed E-state index contributed by atoms with van der Waals surface area (Å²) in [6.07, 6.45) is 3.35. The van der Waals surface area contributed by atoms with Gasteiger partial charge in [0, 0.05) is 0 Å². The Morgan fingerprint density at radius 1 is 1.73 bits per heavy atom. The van der Waals surface area contributed by atoms with Gasteiger partial charge in [0.25, 0.3) is 0 Å². The zero-order valence-corrected chi connectivity index (χ0v) is 6.71. The molecule has 0 aromatic heterocycles. The van der Waals surface area contributed by atoms with E-state index in [0.717, 1.165) is 13.0 Å². The lowest BCUT2D eigenvalue weighted by molar-refractivity contribution is 0.590. The van der Waals surface area contributed by atoms with E-state index in [4.69, 9.17) is 11.0 Å². The molecule has 0 saturated carbocycles. The molecule has 3 N–H and O–H groups in total. The highest BCUT2D eigenvalue weighted by atomic mass is 14.9. The van der Waals surface area contributed by atoms with Crippen molar-refractivity contribution in [3.8, 4) is 6.07 Å². The second-order valence-electron chi connectivity index (χ2n) is 2.30. The van der Waals surface area contributed by atoms with E-state index < -0.39 is 0 Å². The zero-order chi connectivity index (χ0) is 8.53. The molecule has 0 bridgehead atoms. The molecule has 3 nitrogen and oxygen atoms in total. The molecule has 0 aromatic carbocycles. The number of nitrogens with two attached hydrogens (primary N) is 1. The van der Waals surface area contributed by atoms with Crippen LogP contribution in [0.25, 0.3) is 0 Å². The van der Waals surface area contributed by atoms with Crippen LogP contribution in [0, 0.1) is 11.3 Å². The van der Waals surface area contributed by atoms with Crippen LogP contribution < -0.4 is 11.1 Å². The van der Waals surface area contributed by atoms with Crippen molar-refractivity contribution in [2.24, 2.45) is 5.73 Å². The number of nitrogens with one attached hydrogen (secondary N) is 1. The van der Waals surface area contributed by atoms with Gasteiger partial charge >= 0.3 is 0 Å². The molecule has 0 amide bonds. The molecular weight excluding hydrogens is 138 g/mol. The lowest BCUT2D eigenvalue weighted by atomic mass is 10.2. The molecule has 0 saturated heterocycles. The summed E-state index contributed by atoms with van der Waals surface area (Å²) < 4.78 is 0. The minimum Gasteiger partial charge on any atom is -0.330 e. The largest absolute Gasteiger partial charge is 0.330 e. The maximum Gasteiger partial charge on any atom is 0.0987 e. The standard InChI is InChI=1S/C8H15N3/c1-2-4-8(7-10)11-6-3-5-9/h2,8,11H,1,3-6,9H2. The smallest absolute Gasteiger partial charge is 0.0987 e. The van der Waals surface area contributed by atoms with E-state index in [-0.39, 0.29) is 6.04 Å². The van der Waals surface area contributed by atoms with Crippen molar-refractivity contribution in [3.05, 3.63) is 12.7 Å². The maximum absolute atomic E-state index is 8.56. The van der Waals surface area contributed by atoms with Crippen molar-refractivity contribution in [2.75, 3.05) is 13.1 Å².